The molecule has 0 spiro atoms. The lowest BCUT2D eigenvalue weighted by molar-refractivity contribution is -0.658. The maximum Gasteiger partial charge on any atom is 0.447 e. The normalized spacial score (nSPS) is 13.7. The van der Waals surface area contributed by atoms with Gasteiger partial charge in [-0.25, -0.2) is 9.55 Å². The van der Waals surface area contributed by atoms with E-state index in [1.54, 1.807) is 0 Å². The van der Waals surface area contributed by atoms with Gasteiger partial charge >= 0.3 is 6.85 Å². The van der Waals surface area contributed by atoms with Gasteiger partial charge in [0.05, 0.1) is 19.4 Å². The van der Waals surface area contributed by atoms with E-state index in [0.29, 0.717) is 0 Å². The molecule has 114 valence electrons. The Bertz CT molecular complexity index is 945. The molecule has 4 nitrogen and oxygen atoms in total. The molecule has 1 aliphatic heterocycles. The van der Waals surface area contributed by atoms with Gasteiger partial charge in [0.2, 0.25) is 5.71 Å². The van der Waals surface area contributed by atoms with Gasteiger partial charge in [-0.1, -0.05) is 0 Å². The molecule has 0 saturated heterocycles. The van der Waals surface area contributed by atoms with Crippen molar-refractivity contribution in [3.05, 3.63) is 53.5 Å². The maximum absolute atomic E-state index is 6.09. The summed E-state index contributed by atoms with van der Waals surface area (Å²) in [5.74, 6) is 1.13. The van der Waals surface area contributed by atoms with Gasteiger partial charge < -0.3 is 4.42 Å². The Hall–Kier alpha value is -2.56. The molecule has 0 aromatic carbocycles. The zero-order chi connectivity index (χ0) is 16.1. The van der Waals surface area contributed by atoms with Gasteiger partial charge in [0, 0.05) is 22.7 Å². The van der Waals surface area contributed by atoms with Crippen molar-refractivity contribution in [2.75, 3.05) is 4.81 Å². The molecule has 23 heavy (non-hydrogen) atoms. The van der Waals surface area contributed by atoms with Gasteiger partial charge in [-0.15, -0.1) is 0 Å². The van der Waals surface area contributed by atoms with E-state index in [-0.39, 0.29) is 6.85 Å². The van der Waals surface area contributed by atoms with Crippen LogP contribution in [0.25, 0.3) is 17.2 Å². The maximum atomic E-state index is 6.09. The third-order valence-electron chi connectivity index (χ3n) is 4.48. The lowest BCUT2D eigenvalue weighted by Gasteiger charge is -2.21. The molecule has 3 aromatic heterocycles. The van der Waals surface area contributed by atoms with E-state index in [9.17, 15) is 0 Å². The van der Waals surface area contributed by atoms with Gasteiger partial charge in [-0.2, -0.15) is 0 Å². The Morgan fingerprint density at radius 3 is 2.78 bits per heavy atom. The van der Waals surface area contributed by atoms with Crippen LogP contribution in [0.2, 0.25) is 6.82 Å². The Balaban J connectivity index is 1.83. The molecule has 0 amide bonds. The SMILES string of the molecule is CB1c2oc3nc(C)ccc3c2C=CN1c1ccc(C)c[n+]1C. The van der Waals surface area contributed by atoms with Crippen LogP contribution in [-0.4, -0.2) is 11.8 Å². The summed E-state index contributed by atoms with van der Waals surface area (Å²) in [7, 11) is 2.07. The van der Waals surface area contributed by atoms with Crippen LogP contribution in [0.15, 0.2) is 41.1 Å². The zero-order valence-electron chi connectivity index (χ0n) is 13.9. The van der Waals surface area contributed by atoms with Crippen molar-refractivity contribution in [1.29, 1.82) is 0 Å². The van der Waals surface area contributed by atoms with Crippen LogP contribution in [0.5, 0.6) is 0 Å². The van der Waals surface area contributed by atoms with Crippen molar-refractivity contribution in [1.82, 2.24) is 4.98 Å². The number of anilines is 1. The van der Waals surface area contributed by atoms with Crippen LogP contribution < -0.4 is 15.0 Å². The second kappa shape index (κ2) is 4.98. The highest BCUT2D eigenvalue weighted by molar-refractivity contribution is 6.76. The monoisotopic (exact) mass is 304 g/mol. The van der Waals surface area contributed by atoms with E-state index in [0.717, 1.165) is 33.8 Å². The van der Waals surface area contributed by atoms with E-state index in [2.05, 4.69) is 71.8 Å². The highest BCUT2D eigenvalue weighted by atomic mass is 16.3. The van der Waals surface area contributed by atoms with Crippen LogP contribution in [-0.2, 0) is 7.05 Å². The summed E-state index contributed by atoms with van der Waals surface area (Å²) >= 11 is 0. The van der Waals surface area contributed by atoms with Gasteiger partial charge in [0.15, 0.2) is 0 Å². The fourth-order valence-corrected chi connectivity index (χ4v) is 3.28. The number of rotatable bonds is 1. The second-order valence-electron chi connectivity index (χ2n) is 6.26. The number of nitrogens with zero attached hydrogens (tertiary/aromatic N) is 3. The minimum absolute atomic E-state index is 0.124. The molecule has 3 aromatic rings. The van der Waals surface area contributed by atoms with Crippen LogP contribution >= 0.6 is 0 Å². The Kier molecular flexibility index (Phi) is 3.05. The first kappa shape index (κ1) is 14.1. The zero-order valence-corrected chi connectivity index (χ0v) is 13.9. The number of hydrogen-bond donors (Lipinski definition) is 0. The summed E-state index contributed by atoms with van der Waals surface area (Å²) in [5, 5.41) is 1.08. The van der Waals surface area contributed by atoms with Crippen molar-refractivity contribution in [3.63, 3.8) is 0 Å². The second-order valence-corrected chi connectivity index (χ2v) is 6.26. The number of hydrogen-bond acceptors (Lipinski definition) is 3. The summed E-state index contributed by atoms with van der Waals surface area (Å²) in [5.41, 5.74) is 5.06. The van der Waals surface area contributed by atoms with Gasteiger partial charge in [0.25, 0.3) is 5.82 Å². The van der Waals surface area contributed by atoms with Crippen LogP contribution in [0.1, 0.15) is 16.8 Å². The fourth-order valence-electron chi connectivity index (χ4n) is 3.28. The Labute approximate surface area is 136 Å². The van der Waals surface area contributed by atoms with Gasteiger partial charge in [0.1, 0.15) is 5.66 Å². The molecule has 0 saturated carbocycles. The summed E-state index contributed by atoms with van der Waals surface area (Å²) in [6.07, 6.45) is 6.39. The highest BCUT2D eigenvalue weighted by Gasteiger charge is 2.37. The molecule has 5 heteroatoms. The molecule has 0 radical (unpaired) electrons. The first-order valence-corrected chi connectivity index (χ1v) is 7.87. The van der Waals surface area contributed by atoms with E-state index in [1.165, 1.54) is 5.56 Å². The highest BCUT2D eigenvalue weighted by Crippen LogP contribution is 2.25. The average molecular weight is 304 g/mol. The predicted molar refractivity (Wildman–Crippen MR) is 93.9 cm³/mol. The first-order chi connectivity index (χ1) is 11.0. The van der Waals surface area contributed by atoms with E-state index in [4.69, 9.17) is 4.42 Å². The number of pyridine rings is 2. The third-order valence-corrected chi connectivity index (χ3v) is 4.48. The lowest BCUT2D eigenvalue weighted by atomic mass is 9.58. The van der Waals surface area contributed by atoms with E-state index in [1.807, 2.05) is 13.0 Å². The van der Waals surface area contributed by atoms with Crippen molar-refractivity contribution < 1.29 is 8.98 Å². The molecule has 0 bridgehead atoms. The molecule has 0 atom stereocenters. The smallest absolute Gasteiger partial charge is 0.447 e. The first-order valence-electron chi connectivity index (χ1n) is 7.87. The quantitative estimate of drug-likeness (QED) is 0.512. The van der Waals surface area contributed by atoms with Gasteiger partial charge in [-0.3, -0.25) is 4.81 Å². The summed E-state index contributed by atoms with van der Waals surface area (Å²) in [6.45, 7) is 6.37. The van der Waals surface area contributed by atoms with E-state index >= 15 is 0 Å². The van der Waals surface area contributed by atoms with Crippen LogP contribution in [0, 0.1) is 13.8 Å². The van der Waals surface area contributed by atoms with Crippen molar-refractivity contribution in [2.24, 2.45) is 7.05 Å². The molecular formula is C18H19BN3O+. The standard InChI is InChI=1S/C18H19BN3O/c1-12-5-8-16(21(4)11-12)22-10-9-14-15-7-6-13(2)20-18(15)23-17(14)19(22)3/h5-11H,1-4H3/q+1. The number of aryl methyl sites for hydroxylation is 3. The minimum atomic E-state index is 0.124. The summed E-state index contributed by atoms with van der Waals surface area (Å²) < 4.78 is 8.23. The Morgan fingerprint density at radius 1 is 1.17 bits per heavy atom. The lowest BCUT2D eigenvalue weighted by Crippen LogP contribution is -2.50. The number of furan rings is 1. The van der Waals surface area contributed by atoms with E-state index < -0.39 is 0 Å². The minimum Gasteiger partial charge on any atom is -0.447 e. The summed E-state index contributed by atoms with van der Waals surface area (Å²) in [6, 6.07) is 8.41. The predicted octanol–water partition coefficient (Wildman–Crippen LogP) is 2.59. The average Bonchev–Trinajstić information content (AvgIpc) is 2.87. The molecule has 0 unspecified atom stereocenters. The van der Waals surface area contributed by atoms with Crippen molar-refractivity contribution in [2.45, 2.75) is 20.7 Å². The molecule has 0 aliphatic carbocycles. The molecule has 4 rings (SSSR count). The molecular weight excluding hydrogens is 285 g/mol. The van der Waals surface area contributed by atoms with Crippen LogP contribution in [0.4, 0.5) is 5.82 Å². The number of aromatic nitrogens is 2. The molecule has 0 N–H and O–H groups in total. The van der Waals surface area contributed by atoms with Gasteiger partial charge in [-0.05, 0) is 50.5 Å². The molecule has 1 aliphatic rings. The summed E-state index contributed by atoms with van der Waals surface area (Å²) in [4.78, 5) is 6.75. The fraction of sp³-hybridized carbons (Fsp3) is 0.222. The third kappa shape index (κ3) is 2.15. The van der Waals surface area contributed by atoms with Crippen LogP contribution in [0.3, 0.4) is 0 Å². The number of fused-ring (bicyclic) bond motifs is 3. The molecule has 4 heterocycles. The topological polar surface area (TPSA) is 33.2 Å². The largest absolute Gasteiger partial charge is 0.447 e. The molecule has 0 fully saturated rings. The van der Waals surface area contributed by atoms with Crippen molar-refractivity contribution in [3.8, 4) is 0 Å². The van der Waals surface area contributed by atoms with Crippen molar-refractivity contribution >= 4 is 35.5 Å². The Morgan fingerprint density at radius 2 is 2.00 bits per heavy atom.